The standard InChI is InChI=1S/C28H37N3O4S/c1-3-35-28(32)23-18-25(31(21(23)2)20-22-12-6-4-7-13-22)26-19-27(24-14-8-11-17-30(24)26)36(33,34)29-15-9-5-10-16-29/h8,11,14,17-19,22H,3-7,9-10,12-13,15-16,20H2,1-2H3. The van der Waals surface area contributed by atoms with Gasteiger partial charge in [0.1, 0.15) is 4.90 Å². The number of esters is 1. The molecule has 36 heavy (non-hydrogen) atoms. The number of aromatic nitrogens is 2. The Morgan fingerprint density at radius 1 is 1.00 bits per heavy atom. The molecule has 0 unspecified atom stereocenters. The van der Waals surface area contributed by atoms with E-state index in [-0.39, 0.29) is 5.97 Å². The second kappa shape index (κ2) is 10.4. The van der Waals surface area contributed by atoms with Gasteiger partial charge in [0.25, 0.3) is 0 Å². The van der Waals surface area contributed by atoms with E-state index >= 15 is 0 Å². The van der Waals surface area contributed by atoms with Crippen molar-refractivity contribution in [1.82, 2.24) is 13.3 Å². The molecule has 0 spiro atoms. The van der Waals surface area contributed by atoms with Gasteiger partial charge in [0.15, 0.2) is 0 Å². The smallest absolute Gasteiger partial charge is 0.339 e. The van der Waals surface area contributed by atoms with Crippen LogP contribution in [0.3, 0.4) is 0 Å². The second-order valence-corrected chi connectivity index (χ2v) is 12.1. The Morgan fingerprint density at radius 3 is 2.44 bits per heavy atom. The molecule has 2 fully saturated rings. The van der Waals surface area contributed by atoms with Crippen molar-refractivity contribution in [1.29, 1.82) is 0 Å². The van der Waals surface area contributed by atoms with Gasteiger partial charge >= 0.3 is 5.97 Å². The van der Waals surface area contributed by atoms with Gasteiger partial charge in [-0.15, -0.1) is 0 Å². The molecule has 7 nitrogen and oxygen atoms in total. The number of nitrogens with zero attached hydrogens (tertiary/aromatic N) is 3. The maximum Gasteiger partial charge on any atom is 0.339 e. The van der Waals surface area contributed by atoms with Gasteiger partial charge in [-0.05, 0) is 69.7 Å². The van der Waals surface area contributed by atoms with Crippen LogP contribution in [0, 0.1) is 12.8 Å². The van der Waals surface area contributed by atoms with E-state index in [0.717, 1.165) is 42.9 Å². The second-order valence-electron chi connectivity index (χ2n) is 10.2. The minimum atomic E-state index is -3.63. The number of fused-ring (bicyclic) bond motifs is 1. The third kappa shape index (κ3) is 4.61. The van der Waals surface area contributed by atoms with Crippen molar-refractivity contribution in [2.24, 2.45) is 5.92 Å². The normalized spacial score (nSPS) is 18.1. The average Bonchev–Trinajstić information content (AvgIpc) is 3.44. The monoisotopic (exact) mass is 511 g/mol. The predicted octanol–water partition coefficient (Wildman–Crippen LogP) is 5.65. The van der Waals surface area contributed by atoms with Crippen LogP contribution in [0.5, 0.6) is 0 Å². The Bertz CT molecular complexity index is 1340. The van der Waals surface area contributed by atoms with Gasteiger partial charge in [-0.2, -0.15) is 4.31 Å². The SMILES string of the molecule is CCOC(=O)c1cc(-c2cc(S(=O)(=O)N3CCCCC3)c3ccccn23)n(CC2CCCCC2)c1C. The molecule has 3 aromatic rings. The summed E-state index contributed by atoms with van der Waals surface area (Å²) in [7, 11) is -3.63. The van der Waals surface area contributed by atoms with Crippen molar-refractivity contribution >= 4 is 21.5 Å². The number of hydrogen-bond donors (Lipinski definition) is 0. The van der Waals surface area contributed by atoms with Gasteiger partial charge in [-0.1, -0.05) is 31.7 Å². The van der Waals surface area contributed by atoms with E-state index in [1.807, 2.05) is 48.7 Å². The minimum Gasteiger partial charge on any atom is -0.462 e. The fourth-order valence-electron chi connectivity index (χ4n) is 5.91. The molecule has 1 aliphatic heterocycles. The van der Waals surface area contributed by atoms with E-state index in [1.54, 1.807) is 10.4 Å². The highest BCUT2D eigenvalue weighted by atomic mass is 32.2. The molecule has 4 heterocycles. The quantitative estimate of drug-likeness (QED) is 0.385. The Kier molecular flexibility index (Phi) is 7.26. The zero-order valence-corrected chi connectivity index (χ0v) is 22.2. The van der Waals surface area contributed by atoms with Gasteiger partial charge < -0.3 is 13.7 Å². The lowest BCUT2D eigenvalue weighted by Crippen LogP contribution is -2.35. The number of sulfonamides is 1. The third-order valence-corrected chi connectivity index (χ3v) is 9.79. The number of pyridine rings is 1. The van der Waals surface area contributed by atoms with Gasteiger partial charge in [0.05, 0.1) is 29.1 Å². The zero-order chi connectivity index (χ0) is 25.3. The summed E-state index contributed by atoms with van der Waals surface area (Å²) in [4.78, 5) is 13.2. The van der Waals surface area contributed by atoms with Crippen LogP contribution >= 0.6 is 0 Å². The van der Waals surface area contributed by atoms with Crippen LogP contribution in [0.15, 0.2) is 41.4 Å². The molecule has 0 atom stereocenters. The molecule has 2 aliphatic rings. The zero-order valence-electron chi connectivity index (χ0n) is 21.4. The van der Waals surface area contributed by atoms with Crippen molar-refractivity contribution in [3.05, 3.63) is 47.8 Å². The highest BCUT2D eigenvalue weighted by molar-refractivity contribution is 7.89. The van der Waals surface area contributed by atoms with Gasteiger partial charge in [0.2, 0.25) is 10.0 Å². The Balaban J connectivity index is 1.66. The molecule has 0 aromatic carbocycles. The van der Waals surface area contributed by atoms with E-state index < -0.39 is 10.0 Å². The van der Waals surface area contributed by atoms with Crippen molar-refractivity contribution < 1.29 is 17.9 Å². The maximum atomic E-state index is 13.7. The van der Waals surface area contributed by atoms with Crippen LogP contribution in [-0.2, 0) is 21.3 Å². The first-order valence-electron chi connectivity index (χ1n) is 13.4. The van der Waals surface area contributed by atoms with Crippen LogP contribution in [0.25, 0.3) is 16.9 Å². The number of piperidine rings is 1. The lowest BCUT2D eigenvalue weighted by Gasteiger charge is -2.25. The number of carbonyl (C=O) groups excluding carboxylic acids is 1. The summed E-state index contributed by atoms with van der Waals surface area (Å²) in [6, 6.07) is 9.36. The summed E-state index contributed by atoms with van der Waals surface area (Å²) in [6.45, 7) is 6.03. The van der Waals surface area contributed by atoms with E-state index in [9.17, 15) is 13.2 Å². The Hall–Kier alpha value is -2.58. The minimum absolute atomic E-state index is 0.313. The Labute approximate surface area is 214 Å². The Morgan fingerprint density at radius 2 is 1.72 bits per heavy atom. The van der Waals surface area contributed by atoms with Crippen molar-refractivity contribution in [2.75, 3.05) is 19.7 Å². The summed E-state index contributed by atoms with van der Waals surface area (Å²) < 4.78 is 38.7. The molecule has 0 N–H and O–H groups in total. The summed E-state index contributed by atoms with van der Waals surface area (Å²) >= 11 is 0. The molecular formula is C28H37N3O4S. The van der Waals surface area contributed by atoms with Gasteiger partial charge in [-0.3, -0.25) is 0 Å². The molecule has 1 saturated carbocycles. The molecule has 1 saturated heterocycles. The molecule has 3 aromatic heterocycles. The number of ether oxygens (including phenoxy) is 1. The summed E-state index contributed by atoms with van der Waals surface area (Å²) in [5.41, 5.74) is 3.74. The van der Waals surface area contributed by atoms with Gasteiger partial charge in [-0.25, -0.2) is 13.2 Å². The third-order valence-electron chi connectivity index (χ3n) is 7.86. The molecule has 0 amide bonds. The summed E-state index contributed by atoms with van der Waals surface area (Å²) in [5, 5.41) is 0. The van der Waals surface area contributed by atoms with E-state index in [2.05, 4.69) is 4.57 Å². The molecule has 0 radical (unpaired) electrons. The van der Waals surface area contributed by atoms with Gasteiger partial charge in [0, 0.05) is 31.5 Å². The van der Waals surface area contributed by atoms with Crippen LogP contribution in [-0.4, -0.2) is 47.4 Å². The largest absolute Gasteiger partial charge is 0.462 e. The van der Waals surface area contributed by atoms with Crippen molar-refractivity contribution in [3.63, 3.8) is 0 Å². The van der Waals surface area contributed by atoms with E-state index in [4.69, 9.17) is 4.74 Å². The first-order chi connectivity index (χ1) is 17.4. The average molecular weight is 512 g/mol. The lowest BCUT2D eigenvalue weighted by molar-refractivity contribution is 0.0525. The first kappa shape index (κ1) is 25.1. The first-order valence-corrected chi connectivity index (χ1v) is 14.8. The van der Waals surface area contributed by atoms with Crippen molar-refractivity contribution in [3.8, 4) is 11.4 Å². The molecule has 194 valence electrons. The predicted molar refractivity (Wildman–Crippen MR) is 141 cm³/mol. The molecule has 8 heteroatoms. The number of carbonyl (C=O) groups is 1. The maximum absolute atomic E-state index is 13.7. The van der Waals surface area contributed by atoms with Crippen molar-refractivity contribution in [2.45, 2.75) is 76.7 Å². The van der Waals surface area contributed by atoms with E-state index in [0.29, 0.717) is 41.6 Å². The lowest BCUT2D eigenvalue weighted by atomic mass is 9.89. The molecule has 0 bridgehead atoms. The van der Waals surface area contributed by atoms with Crippen LogP contribution in [0.2, 0.25) is 0 Å². The summed E-state index contributed by atoms with van der Waals surface area (Å²) in [6.07, 6.45) is 10.9. The fourth-order valence-corrected chi connectivity index (χ4v) is 7.61. The van der Waals surface area contributed by atoms with Crippen LogP contribution in [0.4, 0.5) is 0 Å². The number of rotatable bonds is 7. The highest BCUT2D eigenvalue weighted by Gasteiger charge is 2.31. The number of hydrogen-bond acceptors (Lipinski definition) is 4. The molecule has 5 rings (SSSR count). The van der Waals surface area contributed by atoms with E-state index in [1.165, 1.54) is 32.1 Å². The highest BCUT2D eigenvalue weighted by Crippen LogP contribution is 2.36. The van der Waals surface area contributed by atoms with Crippen LogP contribution in [0.1, 0.15) is 74.3 Å². The fraction of sp³-hybridized carbons (Fsp3) is 0.536. The topological polar surface area (TPSA) is 73.0 Å². The van der Waals surface area contributed by atoms with Crippen LogP contribution < -0.4 is 0 Å². The summed E-state index contributed by atoms with van der Waals surface area (Å²) in [5.74, 6) is 0.210. The molecular weight excluding hydrogens is 474 g/mol. The molecule has 1 aliphatic carbocycles.